The van der Waals surface area contributed by atoms with Gasteiger partial charge in [0.1, 0.15) is 18.9 Å². The molecule has 4 nitrogen and oxygen atoms in total. The summed E-state index contributed by atoms with van der Waals surface area (Å²) in [6.45, 7) is 3.70. The summed E-state index contributed by atoms with van der Waals surface area (Å²) in [5, 5.41) is 9.42. The molecule has 1 heterocycles. The molecule has 150 valence electrons. The van der Waals surface area contributed by atoms with Crippen LogP contribution in [0.25, 0.3) is 0 Å². The van der Waals surface area contributed by atoms with E-state index in [9.17, 15) is 9.65 Å². The third-order valence-corrected chi connectivity index (χ3v) is 5.11. The maximum absolute atomic E-state index is 14.1. The summed E-state index contributed by atoms with van der Waals surface area (Å²) in [4.78, 5) is 1.35. The summed E-state index contributed by atoms with van der Waals surface area (Å²) in [6, 6.07) is 21.0. The summed E-state index contributed by atoms with van der Waals surface area (Å²) < 4.78 is 21.4. The van der Waals surface area contributed by atoms with Crippen molar-refractivity contribution in [3.05, 3.63) is 95.1 Å². The Morgan fingerprint density at radius 2 is 1.76 bits per heavy atom. The third kappa shape index (κ3) is 5.77. The number of nitrogens with zero attached hydrogens (tertiary/aromatic N) is 2. The zero-order valence-corrected chi connectivity index (χ0v) is 16.8. The highest BCUT2D eigenvalue weighted by Crippen LogP contribution is 2.11. The standard InChI is InChI=1S/C24H26FN3O/c1-29-15-7-13-27(17-21-9-3-2-8-20(21)16-26)19-23-11-6-14-28(23)18-22-10-4-5-12-24(22)25/h2-6,8-12,14H,7,13,15,17-19H2,1H3/p+1. The summed E-state index contributed by atoms with van der Waals surface area (Å²) in [5.74, 6) is -0.181. The van der Waals surface area contributed by atoms with Gasteiger partial charge in [0.25, 0.3) is 0 Å². The smallest absolute Gasteiger partial charge is 0.128 e. The SMILES string of the molecule is COCCC[NH+](Cc1ccccc1C#N)Cc1cccn1Cc1ccccc1F. The fraction of sp³-hybridized carbons (Fsp3) is 0.292. The number of hydrogen-bond acceptors (Lipinski definition) is 2. The van der Waals surface area contributed by atoms with Gasteiger partial charge in [0.15, 0.2) is 0 Å². The molecule has 0 bridgehead atoms. The highest BCUT2D eigenvalue weighted by atomic mass is 19.1. The van der Waals surface area contributed by atoms with E-state index in [0.717, 1.165) is 42.9 Å². The van der Waals surface area contributed by atoms with Gasteiger partial charge in [-0.05, 0) is 24.3 Å². The lowest BCUT2D eigenvalue weighted by Gasteiger charge is -2.21. The van der Waals surface area contributed by atoms with E-state index in [1.165, 1.54) is 11.0 Å². The molecule has 0 spiro atoms. The largest absolute Gasteiger partial charge is 0.384 e. The Balaban J connectivity index is 1.77. The Hall–Kier alpha value is -2.94. The van der Waals surface area contributed by atoms with E-state index in [0.29, 0.717) is 18.7 Å². The molecule has 1 aromatic heterocycles. The van der Waals surface area contributed by atoms with Crippen molar-refractivity contribution in [2.45, 2.75) is 26.1 Å². The van der Waals surface area contributed by atoms with Gasteiger partial charge in [0.05, 0.1) is 37.0 Å². The van der Waals surface area contributed by atoms with Crippen LogP contribution in [-0.4, -0.2) is 24.8 Å². The molecular formula is C24H27FN3O+. The lowest BCUT2D eigenvalue weighted by Crippen LogP contribution is -3.09. The third-order valence-electron chi connectivity index (χ3n) is 5.11. The molecule has 1 unspecified atom stereocenters. The van der Waals surface area contributed by atoms with Crippen molar-refractivity contribution < 1.29 is 14.0 Å². The van der Waals surface area contributed by atoms with Crippen molar-refractivity contribution in [1.29, 1.82) is 5.26 Å². The number of ether oxygens (including phenoxy) is 1. The lowest BCUT2D eigenvalue weighted by molar-refractivity contribution is -0.928. The minimum Gasteiger partial charge on any atom is -0.384 e. The monoisotopic (exact) mass is 392 g/mol. The molecular weight excluding hydrogens is 365 g/mol. The fourth-order valence-electron chi connectivity index (χ4n) is 3.59. The van der Waals surface area contributed by atoms with Crippen LogP contribution in [0, 0.1) is 17.1 Å². The van der Waals surface area contributed by atoms with E-state index in [1.807, 2.05) is 48.7 Å². The molecule has 0 radical (unpaired) electrons. The number of benzene rings is 2. The first-order chi connectivity index (χ1) is 14.2. The van der Waals surface area contributed by atoms with Crippen molar-refractivity contribution in [3.8, 4) is 6.07 Å². The molecule has 1 N–H and O–H groups in total. The van der Waals surface area contributed by atoms with Crippen LogP contribution < -0.4 is 4.90 Å². The number of nitriles is 1. The van der Waals surface area contributed by atoms with Gasteiger partial charge in [-0.1, -0.05) is 36.4 Å². The van der Waals surface area contributed by atoms with Gasteiger partial charge in [-0.25, -0.2) is 4.39 Å². The van der Waals surface area contributed by atoms with Crippen molar-refractivity contribution in [2.75, 3.05) is 20.3 Å². The maximum atomic E-state index is 14.1. The van der Waals surface area contributed by atoms with Gasteiger partial charge < -0.3 is 14.2 Å². The summed E-state index contributed by atoms with van der Waals surface area (Å²) >= 11 is 0. The normalized spacial score (nSPS) is 11.9. The fourth-order valence-corrected chi connectivity index (χ4v) is 3.59. The molecule has 3 rings (SSSR count). The van der Waals surface area contributed by atoms with Crippen LogP contribution in [0.15, 0.2) is 66.9 Å². The number of quaternary nitrogens is 1. The molecule has 0 aliphatic carbocycles. The number of methoxy groups -OCH3 is 1. The molecule has 0 saturated heterocycles. The first-order valence-corrected chi connectivity index (χ1v) is 9.89. The van der Waals surface area contributed by atoms with Gasteiger partial charge in [0, 0.05) is 30.9 Å². The van der Waals surface area contributed by atoms with E-state index in [4.69, 9.17) is 4.74 Å². The van der Waals surface area contributed by atoms with Crippen LogP contribution in [-0.2, 0) is 24.4 Å². The van der Waals surface area contributed by atoms with Crippen LogP contribution in [0.1, 0.15) is 28.8 Å². The summed E-state index contributed by atoms with van der Waals surface area (Å²) in [6.07, 6.45) is 2.94. The van der Waals surface area contributed by atoms with Crippen molar-refractivity contribution in [1.82, 2.24) is 4.57 Å². The highest BCUT2D eigenvalue weighted by Gasteiger charge is 2.16. The summed E-state index contributed by atoms with van der Waals surface area (Å²) in [5.41, 5.74) is 3.60. The number of rotatable bonds is 10. The first kappa shape index (κ1) is 20.8. The molecule has 3 aromatic rings. The molecule has 0 aliphatic heterocycles. The molecule has 0 saturated carbocycles. The minimum absolute atomic E-state index is 0.181. The number of halogens is 1. The van der Waals surface area contributed by atoms with E-state index < -0.39 is 0 Å². The molecule has 0 amide bonds. The van der Waals surface area contributed by atoms with E-state index in [1.54, 1.807) is 13.2 Å². The van der Waals surface area contributed by atoms with Gasteiger partial charge >= 0.3 is 0 Å². The van der Waals surface area contributed by atoms with Crippen LogP contribution in [0.2, 0.25) is 0 Å². The van der Waals surface area contributed by atoms with Crippen molar-refractivity contribution >= 4 is 0 Å². The highest BCUT2D eigenvalue weighted by molar-refractivity contribution is 5.36. The van der Waals surface area contributed by atoms with Gasteiger partial charge in [-0.3, -0.25) is 0 Å². The number of hydrogen-bond donors (Lipinski definition) is 1. The van der Waals surface area contributed by atoms with Crippen LogP contribution in [0.3, 0.4) is 0 Å². The predicted molar refractivity (Wildman–Crippen MR) is 111 cm³/mol. The van der Waals surface area contributed by atoms with Gasteiger partial charge in [-0.15, -0.1) is 0 Å². The zero-order chi connectivity index (χ0) is 20.5. The topological polar surface area (TPSA) is 42.4 Å². The number of nitrogens with one attached hydrogen (secondary N) is 1. The quantitative estimate of drug-likeness (QED) is 0.539. The molecule has 1 atom stereocenters. The van der Waals surface area contributed by atoms with E-state index >= 15 is 0 Å². The molecule has 29 heavy (non-hydrogen) atoms. The van der Waals surface area contributed by atoms with Gasteiger partial charge in [0.2, 0.25) is 0 Å². The summed E-state index contributed by atoms with van der Waals surface area (Å²) in [7, 11) is 1.71. The Labute approximate surface area is 171 Å². The van der Waals surface area contributed by atoms with E-state index in [2.05, 4.69) is 16.7 Å². The lowest BCUT2D eigenvalue weighted by atomic mass is 10.1. The zero-order valence-electron chi connectivity index (χ0n) is 16.8. The second-order valence-corrected chi connectivity index (χ2v) is 7.19. The minimum atomic E-state index is -0.181. The van der Waals surface area contributed by atoms with Gasteiger partial charge in [-0.2, -0.15) is 5.26 Å². The second-order valence-electron chi connectivity index (χ2n) is 7.19. The Morgan fingerprint density at radius 1 is 1.00 bits per heavy atom. The Bertz CT molecular complexity index is 961. The first-order valence-electron chi connectivity index (χ1n) is 9.89. The van der Waals surface area contributed by atoms with Crippen LogP contribution >= 0.6 is 0 Å². The molecule has 2 aromatic carbocycles. The van der Waals surface area contributed by atoms with Crippen LogP contribution in [0.4, 0.5) is 4.39 Å². The number of aromatic nitrogens is 1. The average molecular weight is 392 g/mol. The Morgan fingerprint density at radius 3 is 2.52 bits per heavy atom. The van der Waals surface area contributed by atoms with Crippen molar-refractivity contribution in [3.63, 3.8) is 0 Å². The molecule has 5 heteroatoms. The molecule has 0 fully saturated rings. The Kier molecular flexibility index (Phi) is 7.57. The van der Waals surface area contributed by atoms with E-state index in [-0.39, 0.29) is 5.82 Å². The predicted octanol–water partition coefficient (Wildman–Crippen LogP) is 3.17. The second kappa shape index (κ2) is 10.6. The average Bonchev–Trinajstić information content (AvgIpc) is 3.17. The maximum Gasteiger partial charge on any atom is 0.128 e. The molecule has 0 aliphatic rings. The van der Waals surface area contributed by atoms with Crippen LogP contribution in [0.5, 0.6) is 0 Å². The van der Waals surface area contributed by atoms with Crippen molar-refractivity contribution in [2.24, 2.45) is 0 Å².